The maximum atomic E-state index is 11.2. The van der Waals surface area contributed by atoms with Crippen LogP contribution >= 0.6 is 15.9 Å². The van der Waals surface area contributed by atoms with E-state index in [-0.39, 0.29) is 0 Å². The molecule has 2 aromatic rings. The number of rotatable bonds is 1. The van der Waals surface area contributed by atoms with E-state index in [2.05, 4.69) is 25.7 Å². The van der Waals surface area contributed by atoms with E-state index in [1.54, 1.807) is 10.6 Å². The number of hydrogen-bond acceptors (Lipinski definition) is 3. The lowest BCUT2D eigenvalue weighted by Gasteiger charge is -1.91. The Balaban J connectivity index is 2.56. The van der Waals surface area contributed by atoms with E-state index >= 15 is 0 Å². The van der Waals surface area contributed by atoms with Crippen LogP contribution in [0.25, 0.3) is 5.65 Å². The van der Waals surface area contributed by atoms with Gasteiger partial charge in [-0.05, 0) is 28.1 Å². The van der Waals surface area contributed by atoms with Gasteiger partial charge in [0.1, 0.15) is 5.65 Å². The van der Waals surface area contributed by atoms with Gasteiger partial charge in [0.2, 0.25) is 0 Å². The number of carbonyl (C=O) groups excluding carboxylic acids is 1. The van der Waals surface area contributed by atoms with Gasteiger partial charge in [-0.25, -0.2) is 9.78 Å². The fourth-order valence-electron chi connectivity index (χ4n) is 1.17. The second-order valence-corrected chi connectivity index (χ2v) is 3.65. The van der Waals surface area contributed by atoms with E-state index < -0.39 is 5.97 Å². The van der Waals surface area contributed by atoms with Gasteiger partial charge >= 0.3 is 5.97 Å². The molecule has 0 atom stereocenters. The van der Waals surface area contributed by atoms with E-state index in [0.29, 0.717) is 11.3 Å². The number of ether oxygens (including phenoxy) is 1. The topological polar surface area (TPSA) is 43.6 Å². The quantitative estimate of drug-likeness (QED) is 0.731. The molecule has 0 aliphatic heterocycles. The molecule has 0 bridgehead atoms. The van der Waals surface area contributed by atoms with Crippen LogP contribution in [0.3, 0.4) is 0 Å². The van der Waals surface area contributed by atoms with Gasteiger partial charge in [-0.2, -0.15) is 0 Å². The summed E-state index contributed by atoms with van der Waals surface area (Å²) in [6.07, 6.45) is 3.46. The number of halogens is 1. The standard InChI is InChI=1S/C9H7BrN2O2/c1-14-9(13)7-5-12-4-6(10)2-3-8(12)11-7/h2-5H,1H3. The van der Waals surface area contributed by atoms with Crippen molar-refractivity contribution in [2.75, 3.05) is 7.11 Å². The second kappa shape index (κ2) is 3.42. The van der Waals surface area contributed by atoms with Gasteiger partial charge in [-0.3, -0.25) is 0 Å². The highest BCUT2D eigenvalue weighted by atomic mass is 79.9. The maximum absolute atomic E-state index is 11.2. The van der Waals surface area contributed by atoms with Crippen LogP contribution in [0, 0.1) is 0 Å². The molecule has 0 saturated carbocycles. The monoisotopic (exact) mass is 254 g/mol. The largest absolute Gasteiger partial charge is 0.464 e. The number of methoxy groups -OCH3 is 1. The zero-order valence-corrected chi connectivity index (χ0v) is 8.98. The molecule has 2 aromatic heterocycles. The van der Waals surface area contributed by atoms with E-state index in [1.807, 2.05) is 18.3 Å². The SMILES string of the molecule is COC(=O)c1cn2cc(Br)ccc2n1. The van der Waals surface area contributed by atoms with Gasteiger partial charge in [-0.15, -0.1) is 0 Å². The average molecular weight is 255 g/mol. The number of esters is 1. The van der Waals surface area contributed by atoms with E-state index in [1.165, 1.54) is 7.11 Å². The Kier molecular flexibility index (Phi) is 2.25. The van der Waals surface area contributed by atoms with Gasteiger partial charge in [0.15, 0.2) is 5.69 Å². The number of carbonyl (C=O) groups is 1. The summed E-state index contributed by atoms with van der Waals surface area (Å²) in [5, 5.41) is 0. The van der Waals surface area contributed by atoms with Crippen LogP contribution in [-0.4, -0.2) is 22.5 Å². The fraction of sp³-hybridized carbons (Fsp3) is 0.111. The highest BCUT2D eigenvalue weighted by Gasteiger charge is 2.09. The third kappa shape index (κ3) is 1.50. The molecule has 0 amide bonds. The lowest BCUT2D eigenvalue weighted by molar-refractivity contribution is 0.0595. The van der Waals surface area contributed by atoms with Crippen LogP contribution in [0.2, 0.25) is 0 Å². The number of nitrogens with zero attached hydrogens (tertiary/aromatic N) is 2. The minimum atomic E-state index is -0.426. The molecule has 4 nitrogen and oxygen atoms in total. The lowest BCUT2D eigenvalue weighted by atomic mass is 10.5. The predicted octanol–water partition coefficient (Wildman–Crippen LogP) is 1.88. The normalized spacial score (nSPS) is 10.4. The first-order valence-electron chi connectivity index (χ1n) is 3.93. The fourth-order valence-corrected chi connectivity index (χ4v) is 1.52. The molecule has 0 spiro atoms. The van der Waals surface area contributed by atoms with Crippen molar-refractivity contribution in [3.05, 3.63) is 34.7 Å². The molecule has 2 rings (SSSR count). The third-order valence-electron chi connectivity index (χ3n) is 1.81. The lowest BCUT2D eigenvalue weighted by Crippen LogP contribution is -2.00. The average Bonchev–Trinajstić information content (AvgIpc) is 2.59. The molecule has 14 heavy (non-hydrogen) atoms. The molecule has 0 unspecified atom stereocenters. The Labute approximate surface area is 88.6 Å². The zero-order chi connectivity index (χ0) is 10.1. The number of pyridine rings is 1. The van der Waals surface area contributed by atoms with Gasteiger partial charge in [-0.1, -0.05) is 0 Å². The Bertz CT molecular complexity index is 493. The van der Waals surface area contributed by atoms with Crippen molar-refractivity contribution in [1.82, 2.24) is 9.38 Å². The van der Waals surface area contributed by atoms with Crippen LogP contribution in [0.1, 0.15) is 10.5 Å². The summed E-state index contributed by atoms with van der Waals surface area (Å²) in [7, 11) is 1.34. The summed E-state index contributed by atoms with van der Waals surface area (Å²) < 4.78 is 7.26. The zero-order valence-electron chi connectivity index (χ0n) is 7.40. The second-order valence-electron chi connectivity index (χ2n) is 2.73. The molecule has 0 N–H and O–H groups in total. The summed E-state index contributed by atoms with van der Waals surface area (Å²) in [6, 6.07) is 3.68. The van der Waals surface area contributed by atoms with Crippen molar-refractivity contribution in [1.29, 1.82) is 0 Å². The summed E-state index contributed by atoms with van der Waals surface area (Å²) in [6.45, 7) is 0. The smallest absolute Gasteiger partial charge is 0.358 e. The number of aromatic nitrogens is 2. The molecule has 2 heterocycles. The van der Waals surface area contributed by atoms with Crippen LogP contribution in [0.15, 0.2) is 29.0 Å². The molecular formula is C9H7BrN2O2. The summed E-state index contributed by atoms with van der Waals surface area (Å²) >= 11 is 3.33. The van der Waals surface area contributed by atoms with E-state index in [4.69, 9.17) is 0 Å². The van der Waals surface area contributed by atoms with Crippen LogP contribution in [0.5, 0.6) is 0 Å². The molecule has 5 heteroatoms. The molecule has 72 valence electrons. The van der Waals surface area contributed by atoms with Crippen molar-refractivity contribution in [2.45, 2.75) is 0 Å². The number of fused-ring (bicyclic) bond motifs is 1. The maximum Gasteiger partial charge on any atom is 0.358 e. The van der Waals surface area contributed by atoms with Crippen LogP contribution in [0.4, 0.5) is 0 Å². The van der Waals surface area contributed by atoms with E-state index in [9.17, 15) is 4.79 Å². The Hall–Kier alpha value is -1.36. The molecule has 0 radical (unpaired) electrons. The Morgan fingerprint density at radius 3 is 3.00 bits per heavy atom. The summed E-state index contributed by atoms with van der Waals surface area (Å²) in [5.41, 5.74) is 1.03. The number of imidazole rings is 1. The van der Waals surface area contributed by atoms with Crippen molar-refractivity contribution in [2.24, 2.45) is 0 Å². The minimum absolute atomic E-state index is 0.311. The van der Waals surface area contributed by atoms with Crippen LogP contribution < -0.4 is 0 Å². The van der Waals surface area contributed by atoms with Gasteiger partial charge < -0.3 is 9.14 Å². The first kappa shape index (κ1) is 9.21. The van der Waals surface area contributed by atoms with Gasteiger partial charge in [0, 0.05) is 16.9 Å². The molecule has 0 aliphatic carbocycles. The molecule has 0 fully saturated rings. The van der Waals surface area contributed by atoms with Gasteiger partial charge in [0.05, 0.1) is 7.11 Å². The first-order chi connectivity index (χ1) is 6.70. The highest BCUT2D eigenvalue weighted by molar-refractivity contribution is 9.10. The minimum Gasteiger partial charge on any atom is -0.464 e. The highest BCUT2D eigenvalue weighted by Crippen LogP contribution is 2.12. The summed E-state index contributed by atoms with van der Waals surface area (Å²) in [4.78, 5) is 15.3. The van der Waals surface area contributed by atoms with Crippen molar-refractivity contribution < 1.29 is 9.53 Å². The molecule has 0 aromatic carbocycles. The van der Waals surface area contributed by atoms with Crippen molar-refractivity contribution in [3.63, 3.8) is 0 Å². The molecule has 0 saturated heterocycles. The van der Waals surface area contributed by atoms with Crippen molar-refractivity contribution in [3.8, 4) is 0 Å². The van der Waals surface area contributed by atoms with Gasteiger partial charge in [0.25, 0.3) is 0 Å². The van der Waals surface area contributed by atoms with Crippen molar-refractivity contribution >= 4 is 27.5 Å². The Morgan fingerprint density at radius 1 is 1.50 bits per heavy atom. The van der Waals surface area contributed by atoms with Crippen LogP contribution in [-0.2, 0) is 4.74 Å². The van der Waals surface area contributed by atoms with E-state index in [0.717, 1.165) is 4.47 Å². The predicted molar refractivity (Wildman–Crippen MR) is 54.2 cm³/mol. The summed E-state index contributed by atoms with van der Waals surface area (Å²) in [5.74, 6) is -0.426. The molecular weight excluding hydrogens is 248 g/mol. The third-order valence-corrected chi connectivity index (χ3v) is 2.28. The molecule has 0 aliphatic rings. The first-order valence-corrected chi connectivity index (χ1v) is 4.72. The number of hydrogen-bond donors (Lipinski definition) is 0. The Morgan fingerprint density at radius 2 is 2.29 bits per heavy atom.